The van der Waals surface area contributed by atoms with Crippen LogP contribution >= 0.6 is 34.8 Å². The summed E-state index contributed by atoms with van der Waals surface area (Å²) in [5.41, 5.74) is 0.845. The Morgan fingerprint density at radius 2 is 1.55 bits per heavy atom. The molecule has 0 fully saturated rings. The fraction of sp³-hybridized carbons (Fsp3) is 0.125. The molecule has 11 heavy (non-hydrogen) atoms. The van der Waals surface area contributed by atoms with E-state index in [0.717, 1.165) is 5.56 Å². The van der Waals surface area contributed by atoms with Gasteiger partial charge in [0.2, 0.25) is 0 Å². The second-order valence-corrected chi connectivity index (χ2v) is 3.35. The average molecular weight is 208 g/mol. The molecule has 1 aromatic carbocycles. The monoisotopic (exact) mass is 207 g/mol. The third-order valence-corrected chi connectivity index (χ3v) is 2.25. The summed E-state index contributed by atoms with van der Waals surface area (Å²) in [6, 6.07) is 3.32. The third-order valence-electron chi connectivity index (χ3n) is 1.36. The molecule has 0 heterocycles. The smallest absolute Gasteiger partial charge is 0.0467 e. The van der Waals surface area contributed by atoms with E-state index in [2.05, 4.69) is 6.92 Å². The molecular formula is C8H6Cl3. The maximum atomic E-state index is 5.83. The van der Waals surface area contributed by atoms with Crippen LogP contribution in [0.1, 0.15) is 5.56 Å². The van der Waals surface area contributed by atoms with E-state index in [0.29, 0.717) is 21.5 Å². The van der Waals surface area contributed by atoms with Gasteiger partial charge in [0, 0.05) is 15.1 Å². The predicted molar refractivity (Wildman–Crippen MR) is 50.5 cm³/mol. The molecule has 0 unspecified atom stereocenters. The van der Waals surface area contributed by atoms with Crippen LogP contribution in [0.2, 0.25) is 15.1 Å². The minimum atomic E-state index is 0.553. The highest BCUT2D eigenvalue weighted by Gasteiger charge is 2.04. The van der Waals surface area contributed by atoms with Crippen molar-refractivity contribution in [3.63, 3.8) is 0 Å². The number of hydrogen-bond acceptors (Lipinski definition) is 0. The van der Waals surface area contributed by atoms with Crippen molar-refractivity contribution < 1.29 is 0 Å². The van der Waals surface area contributed by atoms with Crippen LogP contribution in [0.3, 0.4) is 0 Å². The van der Waals surface area contributed by atoms with Gasteiger partial charge in [-0.1, -0.05) is 34.8 Å². The van der Waals surface area contributed by atoms with Gasteiger partial charge in [0.15, 0.2) is 0 Å². The lowest BCUT2D eigenvalue weighted by molar-refractivity contribution is 1.27. The SMILES string of the molecule is [CH2]Cc1c(Cl)cc(Cl)cc1Cl. The van der Waals surface area contributed by atoms with Crippen LogP contribution in [-0.4, -0.2) is 0 Å². The molecule has 0 atom stereocenters. The first-order chi connectivity index (χ1) is 5.15. The van der Waals surface area contributed by atoms with Gasteiger partial charge < -0.3 is 0 Å². The zero-order chi connectivity index (χ0) is 8.43. The highest BCUT2D eigenvalue weighted by Crippen LogP contribution is 2.28. The topological polar surface area (TPSA) is 0 Å². The molecule has 0 nitrogen and oxygen atoms in total. The average Bonchev–Trinajstić information content (AvgIpc) is 1.85. The lowest BCUT2D eigenvalue weighted by Crippen LogP contribution is -1.83. The highest BCUT2D eigenvalue weighted by atomic mass is 35.5. The number of halogens is 3. The van der Waals surface area contributed by atoms with Crippen LogP contribution in [0.25, 0.3) is 0 Å². The van der Waals surface area contributed by atoms with Gasteiger partial charge in [-0.2, -0.15) is 0 Å². The first-order valence-corrected chi connectivity index (χ1v) is 4.21. The largest absolute Gasteiger partial charge is 0.0842 e. The zero-order valence-electron chi connectivity index (χ0n) is 5.70. The first kappa shape index (κ1) is 9.18. The molecule has 3 heteroatoms. The molecule has 1 radical (unpaired) electrons. The van der Waals surface area contributed by atoms with Crippen LogP contribution in [0.4, 0.5) is 0 Å². The van der Waals surface area contributed by atoms with E-state index in [9.17, 15) is 0 Å². The minimum Gasteiger partial charge on any atom is -0.0842 e. The molecule has 0 aliphatic rings. The van der Waals surface area contributed by atoms with Gasteiger partial charge in [-0.15, -0.1) is 0 Å². The summed E-state index contributed by atoms with van der Waals surface area (Å²) in [5, 5.41) is 1.72. The first-order valence-electron chi connectivity index (χ1n) is 3.08. The Labute approximate surface area is 81.1 Å². The van der Waals surface area contributed by atoms with E-state index in [1.165, 1.54) is 0 Å². The van der Waals surface area contributed by atoms with Gasteiger partial charge in [0.25, 0.3) is 0 Å². The second kappa shape index (κ2) is 3.66. The predicted octanol–water partition coefficient (Wildman–Crippen LogP) is 4.02. The molecule has 0 saturated heterocycles. The Morgan fingerprint density at radius 3 is 1.91 bits per heavy atom. The van der Waals surface area contributed by atoms with Gasteiger partial charge in [-0.3, -0.25) is 0 Å². The lowest BCUT2D eigenvalue weighted by atomic mass is 10.2. The Bertz CT molecular complexity index is 245. The van der Waals surface area contributed by atoms with Crippen LogP contribution in [0.5, 0.6) is 0 Å². The summed E-state index contributed by atoms with van der Waals surface area (Å²) in [4.78, 5) is 0. The number of benzene rings is 1. The van der Waals surface area contributed by atoms with E-state index in [1.54, 1.807) is 12.1 Å². The van der Waals surface area contributed by atoms with Gasteiger partial charge in [0.1, 0.15) is 0 Å². The highest BCUT2D eigenvalue weighted by molar-refractivity contribution is 6.39. The summed E-state index contributed by atoms with van der Waals surface area (Å²) in [7, 11) is 0. The molecule has 0 aliphatic heterocycles. The summed E-state index contributed by atoms with van der Waals surface area (Å²) in [5.74, 6) is 0. The van der Waals surface area contributed by atoms with E-state index >= 15 is 0 Å². The summed E-state index contributed by atoms with van der Waals surface area (Å²) in [6.07, 6.45) is 0.578. The van der Waals surface area contributed by atoms with Crippen molar-refractivity contribution in [3.05, 3.63) is 39.7 Å². The van der Waals surface area contributed by atoms with Crippen molar-refractivity contribution in [2.75, 3.05) is 0 Å². The molecule has 0 amide bonds. The summed E-state index contributed by atoms with van der Waals surface area (Å²) in [6.45, 7) is 3.70. The fourth-order valence-corrected chi connectivity index (χ4v) is 1.82. The number of rotatable bonds is 1. The Balaban J connectivity index is 3.25. The van der Waals surface area contributed by atoms with Gasteiger partial charge >= 0.3 is 0 Å². The molecule has 1 aromatic rings. The van der Waals surface area contributed by atoms with E-state index in [4.69, 9.17) is 34.8 Å². The van der Waals surface area contributed by atoms with E-state index < -0.39 is 0 Å². The Hall–Kier alpha value is 0.0900. The fourth-order valence-electron chi connectivity index (χ4n) is 0.811. The molecule has 0 bridgehead atoms. The van der Waals surface area contributed by atoms with E-state index in [-0.39, 0.29) is 0 Å². The molecule has 0 aliphatic carbocycles. The lowest BCUT2D eigenvalue weighted by Gasteiger charge is -2.03. The van der Waals surface area contributed by atoms with E-state index in [1.807, 2.05) is 0 Å². The van der Waals surface area contributed by atoms with Gasteiger partial charge in [-0.25, -0.2) is 0 Å². The summed E-state index contributed by atoms with van der Waals surface area (Å²) < 4.78 is 0. The zero-order valence-corrected chi connectivity index (χ0v) is 7.97. The molecule has 0 spiro atoms. The van der Waals surface area contributed by atoms with Crippen LogP contribution < -0.4 is 0 Å². The van der Waals surface area contributed by atoms with Crippen molar-refractivity contribution in [2.24, 2.45) is 0 Å². The maximum absolute atomic E-state index is 5.83. The quantitative estimate of drug-likeness (QED) is 0.654. The van der Waals surface area contributed by atoms with Crippen LogP contribution in [0.15, 0.2) is 12.1 Å². The van der Waals surface area contributed by atoms with Crippen molar-refractivity contribution in [3.8, 4) is 0 Å². The molecule has 0 aromatic heterocycles. The van der Waals surface area contributed by atoms with Crippen LogP contribution in [-0.2, 0) is 6.42 Å². The molecule has 0 N–H and O–H groups in total. The standard InChI is InChI=1S/C8H6Cl3/c1-2-6-7(10)3-5(9)4-8(6)11/h3-4H,1-2H2. The van der Waals surface area contributed by atoms with Crippen molar-refractivity contribution >= 4 is 34.8 Å². The molecule has 1 rings (SSSR count). The normalized spacial score (nSPS) is 10.2. The number of hydrogen-bond donors (Lipinski definition) is 0. The molecular weight excluding hydrogens is 202 g/mol. The van der Waals surface area contributed by atoms with Crippen molar-refractivity contribution in [1.82, 2.24) is 0 Å². The molecule has 0 saturated carbocycles. The maximum Gasteiger partial charge on any atom is 0.0467 e. The van der Waals surface area contributed by atoms with Crippen molar-refractivity contribution in [2.45, 2.75) is 6.42 Å². The van der Waals surface area contributed by atoms with Crippen molar-refractivity contribution in [1.29, 1.82) is 0 Å². The van der Waals surface area contributed by atoms with Gasteiger partial charge in [0.05, 0.1) is 0 Å². The second-order valence-electron chi connectivity index (χ2n) is 2.10. The summed E-state index contributed by atoms with van der Waals surface area (Å²) >= 11 is 17.3. The molecule has 59 valence electrons. The van der Waals surface area contributed by atoms with Crippen LogP contribution in [0, 0.1) is 6.92 Å². The Morgan fingerprint density at radius 1 is 1.09 bits per heavy atom. The Kier molecular flexibility index (Phi) is 3.06. The third kappa shape index (κ3) is 2.02. The minimum absolute atomic E-state index is 0.553. The van der Waals surface area contributed by atoms with Gasteiger partial charge in [-0.05, 0) is 31.0 Å².